The van der Waals surface area contributed by atoms with Crippen LogP contribution in [0.3, 0.4) is 0 Å². The highest BCUT2D eigenvalue weighted by Crippen LogP contribution is 2.41. The molecule has 2 heterocycles. The van der Waals surface area contributed by atoms with Gasteiger partial charge in [-0.15, -0.1) is 0 Å². The number of hydrogen-bond donors (Lipinski definition) is 0. The summed E-state index contributed by atoms with van der Waals surface area (Å²) in [4.78, 5) is 27.1. The summed E-state index contributed by atoms with van der Waals surface area (Å²) in [5.41, 5.74) is 0.994. The molecule has 35 heavy (non-hydrogen) atoms. The van der Waals surface area contributed by atoms with Crippen molar-refractivity contribution < 1.29 is 28.4 Å². The van der Waals surface area contributed by atoms with Gasteiger partial charge in [-0.3, -0.25) is 4.79 Å². The molecule has 2 amide bonds. The van der Waals surface area contributed by atoms with Gasteiger partial charge >= 0.3 is 13.2 Å². The van der Waals surface area contributed by atoms with Crippen molar-refractivity contribution in [2.75, 3.05) is 0 Å². The molecule has 7 nitrogen and oxygen atoms in total. The average Bonchev–Trinajstić information content (AvgIpc) is 3.17. The molecule has 2 atom stereocenters. The third kappa shape index (κ3) is 4.88. The van der Waals surface area contributed by atoms with Gasteiger partial charge in [-0.25, -0.2) is 9.69 Å². The molecule has 0 bridgehead atoms. The molecule has 2 aliphatic rings. The normalized spacial score (nSPS) is 23.3. The van der Waals surface area contributed by atoms with Crippen LogP contribution < -0.4 is 5.46 Å². The molecular weight excluding hydrogens is 445 g/mol. The molecule has 0 radical (unpaired) electrons. The Hall–Kier alpha value is -2.68. The van der Waals surface area contributed by atoms with Crippen molar-refractivity contribution in [3.8, 4) is 0 Å². The van der Waals surface area contributed by atoms with Crippen LogP contribution in [0.1, 0.15) is 65.6 Å². The lowest BCUT2D eigenvalue weighted by atomic mass is 9.79. The van der Waals surface area contributed by atoms with Gasteiger partial charge < -0.3 is 18.8 Å². The first-order valence-corrected chi connectivity index (χ1v) is 12.0. The van der Waals surface area contributed by atoms with Gasteiger partial charge in [0.2, 0.25) is 0 Å². The van der Waals surface area contributed by atoms with Gasteiger partial charge in [0.15, 0.2) is 0 Å². The second-order valence-corrected chi connectivity index (χ2v) is 10.8. The molecule has 0 spiro atoms. The van der Waals surface area contributed by atoms with Crippen molar-refractivity contribution in [2.24, 2.45) is 0 Å². The van der Waals surface area contributed by atoms with Gasteiger partial charge in [0.25, 0.3) is 5.91 Å². The summed E-state index contributed by atoms with van der Waals surface area (Å²) in [5.74, 6) is -0.428. The standard InChI is InChI=1S/C27H34BNO6/c1-18(23(30)29-22(20-11-9-8-10-12-20)25(2,3)33-24(29)31)32-17-19-13-15-21(16-14-19)28-34-26(4,5)27(6,7)35-28/h8-16,18,22H,17H2,1-7H3/t18-,22-/m0/s1. The Morgan fingerprint density at radius 2 is 1.54 bits per heavy atom. The number of benzene rings is 2. The fourth-order valence-electron chi connectivity index (χ4n) is 4.39. The summed E-state index contributed by atoms with van der Waals surface area (Å²) in [6.45, 7) is 13.6. The van der Waals surface area contributed by atoms with Gasteiger partial charge in [-0.05, 0) is 65.1 Å². The van der Waals surface area contributed by atoms with Crippen molar-refractivity contribution in [1.82, 2.24) is 4.90 Å². The number of carbonyl (C=O) groups excluding carboxylic acids is 2. The van der Waals surface area contributed by atoms with E-state index in [1.165, 1.54) is 4.90 Å². The fraction of sp³-hybridized carbons (Fsp3) is 0.481. The number of ether oxygens (including phenoxy) is 2. The Morgan fingerprint density at radius 1 is 0.971 bits per heavy atom. The first-order valence-electron chi connectivity index (χ1n) is 12.0. The number of hydrogen-bond acceptors (Lipinski definition) is 6. The Labute approximate surface area is 207 Å². The largest absolute Gasteiger partial charge is 0.494 e. The fourth-order valence-corrected chi connectivity index (χ4v) is 4.39. The van der Waals surface area contributed by atoms with Crippen molar-refractivity contribution in [3.63, 3.8) is 0 Å². The number of cyclic esters (lactones) is 1. The van der Waals surface area contributed by atoms with Gasteiger partial charge in [0.05, 0.1) is 17.8 Å². The third-order valence-electron chi connectivity index (χ3n) is 7.17. The molecular formula is C27H34BNO6. The highest BCUT2D eigenvalue weighted by Gasteiger charge is 2.53. The lowest BCUT2D eigenvalue weighted by Gasteiger charge is -2.32. The quantitative estimate of drug-likeness (QED) is 0.573. The van der Waals surface area contributed by atoms with E-state index in [9.17, 15) is 9.59 Å². The molecule has 4 rings (SSSR count). The van der Waals surface area contributed by atoms with Crippen LogP contribution in [0.5, 0.6) is 0 Å². The molecule has 0 aliphatic carbocycles. The topological polar surface area (TPSA) is 74.3 Å². The second-order valence-electron chi connectivity index (χ2n) is 10.8. The van der Waals surface area contributed by atoms with E-state index in [-0.39, 0.29) is 6.61 Å². The SMILES string of the molecule is C[C@H](OCc1ccc(B2OC(C)(C)C(C)(C)O2)cc1)C(=O)N1C(=O)OC(C)(C)[C@@H]1c1ccccc1. The molecule has 2 aromatic rings. The van der Waals surface area contributed by atoms with Crippen molar-refractivity contribution in [3.05, 3.63) is 65.7 Å². The molecule has 0 N–H and O–H groups in total. The average molecular weight is 479 g/mol. The number of rotatable bonds is 6. The summed E-state index contributed by atoms with van der Waals surface area (Å²) in [6.07, 6.45) is -1.48. The number of carbonyl (C=O) groups is 2. The van der Waals surface area contributed by atoms with Crippen LogP contribution in [-0.2, 0) is 30.2 Å². The van der Waals surface area contributed by atoms with Crippen LogP contribution >= 0.6 is 0 Å². The zero-order valence-electron chi connectivity index (χ0n) is 21.5. The molecule has 0 aromatic heterocycles. The minimum absolute atomic E-state index is 0.221. The van der Waals surface area contributed by atoms with Crippen molar-refractivity contribution in [1.29, 1.82) is 0 Å². The Kier molecular flexibility index (Phi) is 6.59. The van der Waals surface area contributed by atoms with Crippen LogP contribution in [0.2, 0.25) is 0 Å². The van der Waals surface area contributed by atoms with E-state index in [0.717, 1.165) is 16.6 Å². The van der Waals surface area contributed by atoms with E-state index in [4.69, 9.17) is 18.8 Å². The molecule has 0 unspecified atom stereocenters. The van der Waals surface area contributed by atoms with E-state index in [2.05, 4.69) is 0 Å². The van der Waals surface area contributed by atoms with E-state index in [0.29, 0.717) is 0 Å². The van der Waals surface area contributed by atoms with E-state index < -0.39 is 48.1 Å². The maximum Gasteiger partial charge on any atom is 0.494 e. The number of imide groups is 1. The van der Waals surface area contributed by atoms with Gasteiger partial charge in [-0.1, -0.05) is 54.6 Å². The zero-order chi connectivity index (χ0) is 25.6. The van der Waals surface area contributed by atoms with Gasteiger partial charge in [0.1, 0.15) is 17.7 Å². The van der Waals surface area contributed by atoms with Crippen molar-refractivity contribution >= 4 is 24.6 Å². The van der Waals surface area contributed by atoms with Gasteiger partial charge in [0, 0.05) is 0 Å². The maximum atomic E-state index is 13.3. The summed E-state index contributed by atoms with van der Waals surface area (Å²) < 4.78 is 23.6. The van der Waals surface area contributed by atoms with Crippen LogP contribution in [0.15, 0.2) is 54.6 Å². The molecule has 8 heteroatoms. The van der Waals surface area contributed by atoms with Crippen LogP contribution in [0.4, 0.5) is 4.79 Å². The van der Waals surface area contributed by atoms with E-state index in [1.54, 1.807) is 6.92 Å². The first-order chi connectivity index (χ1) is 16.3. The van der Waals surface area contributed by atoms with Crippen LogP contribution in [-0.4, -0.2) is 46.9 Å². The Morgan fingerprint density at radius 3 is 2.11 bits per heavy atom. The van der Waals surface area contributed by atoms with Gasteiger partial charge in [-0.2, -0.15) is 0 Å². The lowest BCUT2D eigenvalue weighted by molar-refractivity contribution is -0.141. The highest BCUT2D eigenvalue weighted by atomic mass is 16.7. The summed E-state index contributed by atoms with van der Waals surface area (Å²) in [5, 5.41) is 0. The summed E-state index contributed by atoms with van der Waals surface area (Å²) in [6, 6.07) is 16.6. The highest BCUT2D eigenvalue weighted by molar-refractivity contribution is 6.62. The molecule has 2 saturated heterocycles. The maximum absolute atomic E-state index is 13.3. The number of amides is 2. The predicted octanol–water partition coefficient (Wildman–Crippen LogP) is 4.39. The van der Waals surface area contributed by atoms with E-state index in [1.807, 2.05) is 96.1 Å². The molecule has 2 fully saturated rings. The molecule has 2 aromatic carbocycles. The zero-order valence-corrected chi connectivity index (χ0v) is 21.5. The first kappa shape index (κ1) is 25.4. The summed E-state index contributed by atoms with van der Waals surface area (Å²) in [7, 11) is -0.435. The number of nitrogens with zero attached hydrogens (tertiary/aromatic N) is 1. The monoisotopic (exact) mass is 479 g/mol. The van der Waals surface area contributed by atoms with Crippen molar-refractivity contribution in [2.45, 2.75) is 84.0 Å². The Bertz CT molecular complexity index is 1070. The second kappa shape index (κ2) is 9.08. The summed E-state index contributed by atoms with van der Waals surface area (Å²) >= 11 is 0. The van der Waals surface area contributed by atoms with E-state index >= 15 is 0 Å². The molecule has 186 valence electrons. The third-order valence-corrected chi connectivity index (χ3v) is 7.17. The smallest absolute Gasteiger partial charge is 0.440 e. The lowest BCUT2D eigenvalue weighted by Crippen LogP contribution is -2.43. The predicted molar refractivity (Wildman–Crippen MR) is 133 cm³/mol. The molecule has 2 aliphatic heterocycles. The Balaban J connectivity index is 1.41. The van der Waals surface area contributed by atoms with Crippen LogP contribution in [0, 0.1) is 0 Å². The van der Waals surface area contributed by atoms with Crippen LogP contribution in [0.25, 0.3) is 0 Å². The minimum Gasteiger partial charge on any atom is -0.440 e. The molecule has 0 saturated carbocycles. The minimum atomic E-state index is -0.850.